The molecule has 1 aliphatic heterocycles. The zero-order chi connectivity index (χ0) is 10.4. The van der Waals surface area contributed by atoms with Gasteiger partial charge in [-0.1, -0.05) is 18.2 Å². The molecule has 0 bridgehead atoms. The minimum atomic E-state index is -3.18. The van der Waals surface area contributed by atoms with E-state index in [0.717, 1.165) is 0 Å². The molecule has 1 rings (SSSR count). The van der Waals surface area contributed by atoms with Crippen molar-refractivity contribution in [3.63, 3.8) is 0 Å². The van der Waals surface area contributed by atoms with Crippen LogP contribution in [0.15, 0.2) is 40.8 Å². The lowest BCUT2D eigenvalue weighted by molar-refractivity contribution is 0.604. The molecule has 14 heavy (non-hydrogen) atoms. The van der Waals surface area contributed by atoms with Crippen molar-refractivity contribution in [1.82, 2.24) is 0 Å². The molecule has 0 unspecified atom stereocenters. The van der Waals surface area contributed by atoms with Gasteiger partial charge < -0.3 is 0 Å². The predicted molar refractivity (Wildman–Crippen MR) is 59.2 cm³/mol. The molecule has 0 aromatic heterocycles. The van der Waals surface area contributed by atoms with Gasteiger partial charge in [-0.3, -0.25) is 4.99 Å². The van der Waals surface area contributed by atoms with Gasteiger partial charge in [0.2, 0.25) is 0 Å². The van der Waals surface area contributed by atoms with Crippen molar-refractivity contribution in [2.75, 3.05) is 12.3 Å². The number of aliphatic imine (C=N–C) groups is 1. The van der Waals surface area contributed by atoms with Gasteiger partial charge in [0.25, 0.3) is 0 Å². The third-order valence-corrected chi connectivity index (χ3v) is 3.56. The molecular weight excluding hydrogens is 198 g/mol. The molecule has 0 aromatic rings. The van der Waals surface area contributed by atoms with E-state index in [1.54, 1.807) is 12.3 Å². The highest BCUT2D eigenvalue weighted by molar-refractivity contribution is 7.95. The van der Waals surface area contributed by atoms with E-state index in [1.807, 2.05) is 12.2 Å². The van der Waals surface area contributed by atoms with Gasteiger partial charge in [-0.25, -0.2) is 8.42 Å². The van der Waals surface area contributed by atoms with E-state index < -0.39 is 9.84 Å². The van der Waals surface area contributed by atoms with Crippen LogP contribution in [0.2, 0.25) is 0 Å². The SMILES string of the molecule is C=CCS(=O)(=O)/C1=C/CC=CC=NC1. The molecule has 1 heterocycles. The average molecular weight is 211 g/mol. The van der Waals surface area contributed by atoms with Crippen molar-refractivity contribution in [2.45, 2.75) is 6.42 Å². The Morgan fingerprint density at radius 2 is 2.36 bits per heavy atom. The Bertz CT molecular complexity index is 388. The fourth-order valence-corrected chi connectivity index (χ4v) is 2.24. The van der Waals surface area contributed by atoms with Crippen molar-refractivity contribution >= 4 is 16.1 Å². The summed E-state index contributed by atoms with van der Waals surface area (Å²) < 4.78 is 23.2. The maximum Gasteiger partial charge on any atom is 0.179 e. The zero-order valence-corrected chi connectivity index (χ0v) is 8.70. The van der Waals surface area contributed by atoms with Crippen LogP contribution in [0.5, 0.6) is 0 Å². The Balaban J connectivity index is 2.91. The first-order valence-corrected chi connectivity index (χ1v) is 5.99. The molecule has 0 radical (unpaired) electrons. The molecule has 3 nitrogen and oxygen atoms in total. The van der Waals surface area contributed by atoms with Crippen molar-refractivity contribution in [3.05, 3.63) is 35.8 Å². The summed E-state index contributed by atoms with van der Waals surface area (Å²) in [5.41, 5.74) is 0. The summed E-state index contributed by atoms with van der Waals surface area (Å²) in [5, 5.41) is 0. The topological polar surface area (TPSA) is 46.5 Å². The van der Waals surface area contributed by atoms with Gasteiger partial charge in [-0.2, -0.15) is 0 Å². The fraction of sp³-hybridized carbons (Fsp3) is 0.300. The first-order chi connectivity index (χ1) is 6.67. The normalized spacial score (nSPS) is 20.7. The highest BCUT2D eigenvalue weighted by atomic mass is 32.2. The smallest absolute Gasteiger partial charge is 0.179 e. The van der Waals surface area contributed by atoms with Gasteiger partial charge in [0.05, 0.1) is 17.2 Å². The molecule has 0 aromatic carbocycles. The molecule has 0 spiro atoms. The minimum absolute atomic E-state index is 0.0158. The molecule has 0 amide bonds. The Hall–Kier alpha value is -1.16. The van der Waals surface area contributed by atoms with E-state index in [9.17, 15) is 8.42 Å². The first-order valence-electron chi connectivity index (χ1n) is 4.34. The molecule has 0 saturated carbocycles. The number of rotatable bonds is 3. The minimum Gasteiger partial charge on any atom is -0.288 e. The Kier molecular flexibility index (Phi) is 3.83. The van der Waals surface area contributed by atoms with E-state index in [4.69, 9.17) is 0 Å². The third kappa shape index (κ3) is 2.96. The van der Waals surface area contributed by atoms with E-state index in [1.165, 1.54) is 6.08 Å². The maximum absolute atomic E-state index is 11.6. The lowest BCUT2D eigenvalue weighted by Gasteiger charge is -2.05. The van der Waals surface area contributed by atoms with Crippen LogP contribution in [0, 0.1) is 0 Å². The zero-order valence-electron chi connectivity index (χ0n) is 7.89. The molecule has 76 valence electrons. The standard InChI is InChI=1S/C10H13NO2S/c1-2-8-14(12,13)10-6-4-3-5-7-11-9-10/h2-3,5-7H,1,4,8-9H2/b5-3?,10-6+,11-7?. The van der Waals surface area contributed by atoms with Crippen LogP contribution in [0.25, 0.3) is 0 Å². The lowest BCUT2D eigenvalue weighted by Crippen LogP contribution is -2.10. The predicted octanol–water partition coefficient (Wildman–Crippen LogP) is 1.50. The van der Waals surface area contributed by atoms with Crippen LogP contribution >= 0.6 is 0 Å². The number of hydrogen-bond donors (Lipinski definition) is 0. The second kappa shape index (κ2) is 4.91. The summed E-state index contributed by atoms with van der Waals surface area (Å²) in [6.45, 7) is 3.66. The van der Waals surface area contributed by atoms with E-state index >= 15 is 0 Å². The van der Waals surface area contributed by atoms with Crippen LogP contribution < -0.4 is 0 Å². The summed E-state index contributed by atoms with van der Waals surface area (Å²) in [5.74, 6) is -0.0158. The molecule has 4 heteroatoms. The first kappa shape index (κ1) is 10.9. The Morgan fingerprint density at radius 3 is 3.07 bits per heavy atom. The maximum atomic E-state index is 11.6. The van der Waals surface area contributed by atoms with Crippen molar-refractivity contribution in [3.8, 4) is 0 Å². The summed E-state index contributed by atoms with van der Waals surface area (Å²) >= 11 is 0. The molecular formula is C10H13NO2S. The summed E-state index contributed by atoms with van der Waals surface area (Å²) in [4.78, 5) is 4.35. The number of hydrogen-bond acceptors (Lipinski definition) is 3. The second-order valence-corrected chi connectivity index (χ2v) is 4.98. The Labute approximate surface area is 84.5 Å². The third-order valence-electron chi connectivity index (χ3n) is 1.79. The van der Waals surface area contributed by atoms with E-state index in [2.05, 4.69) is 11.6 Å². The molecule has 0 aliphatic carbocycles. The largest absolute Gasteiger partial charge is 0.288 e. The monoisotopic (exact) mass is 211 g/mol. The highest BCUT2D eigenvalue weighted by Gasteiger charge is 2.14. The van der Waals surface area contributed by atoms with Gasteiger partial charge >= 0.3 is 0 Å². The number of sulfone groups is 1. The van der Waals surface area contributed by atoms with Crippen molar-refractivity contribution in [1.29, 1.82) is 0 Å². The van der Waals surface area contributed by atoms with Gasteiger partial charge in [-0.15, -0.1) is 6.58 Å². The van der Waals surface area contributed by atoms with E-state index in [-0.39, 0.29) is 12.3 Å². The van der Waals surface area contributed by atoms with Crippen LogP contribution in [0.3, 0.4) is 0 Å². The Morgan fingerprint density at radius 1 is 1.57 bits per heavy atom. The van der Waals surface area contributed by atoms with Gasteiger partial charge in [-0.05, 0) is 12.5 Å². The van der Waals surface area contributed by atoms with Crippen LogP contribution in [-0.2, 0) is 9.84 Å². The second-order valence-electron chi connectivity index (χ2n) is 2.89. The molecule has 0 N–H and O–H groups in total. The van der Waals surface area contributed by atoms with E-state index in [0.29, 0.717) is 11.3 Å². The van der Waals surface area contributed by atoms with Crippen molar-refractivity contribution < 1.29 is 8.42 Å². The number of allylic oxidation sites excluding steroid dienone is 3. The average Bonchev–Trinajstić information content (AvgIpc) is 2.01. The fourth-order valence-electron chi connectivity index (χ4n) is 1.09. The van der Waals surface area contributed by atoms with Crippen LogP contribution in [-0.4, -0.2) is 26.9 Å². The van der Waals surface area contributed by atoms with Crippen LogP contribution in [0.1, 0.15) is 6.42 Å². The van der Waals surface area contributed by atoms with Gasteiger partial charge in [0.15, 0.2) is 9.84 Å². The van der Waals surface area contributed by atoms with Gasteiger partial charge in [0.1, 0.15) is 0 Å². The summed E-state index contributed by atoms with van der Waals surface area (Å²) in [6, 6.07) is 0. The summed E-state index contributed by atoms with van der Waals surface area (Å²) in [6.07, 6.45) is 9.04. The molecule has 0 fully saturated rings. The highest BCUT2D eigenvalue weighted by Crippen LogP contribution is 2.11. The van der Waals surface area contributed by atoms with Crippen molar-refractivity contribution in [2.24, 2.45) is 4.99 Å². The van der Waals surface area contributed by atoms with Gasteiger partial charge in [0, 0.05) is 6.21 Å². The lowest BCUT2D eigenvalue weighted by atomic mass is 10.3. The molecule has 1 aliphatic rings. The summed E-state index contributed by atoms with van der Waals surface area (Å²) in [7, 11) is -3.18. The molecule has 0 saturated heterocycles. The quantitative estimate of drug-likeness (QED) is 0.664. The number of nitrogens with zero attached hydrogens (tertiary/aromatic N) is 1. The molecule has 0 atom stereocenters. The van der Waals surface area contributed by atoms with Crippen LogP contribution in [0.4, 0.5) is 0 Å².